The van der Waals surface area contributed by atoms with E-state index >= 15 is 0 Å². The second kappa shape index (κ2) is 8.22. The van der Waals surface area contributed by atoms with E-state index in [1.165, 1.54) is 50.9 Å². The number of nitrogens with zero attached hydrogens (tertiary/aromatic N) is 2. The van der Waals surface area contributed by atoms with Crippen molar-refractivity contribution in [3.05, 3.63) is 30.1 Å². The fraction of sp³-hybridized carbons (Fsp3) is 0.667. The fourth-order valence-corrected chi connectivity index (χ4v) is 2.51. The minimum atomic E-state index is 1.11. The quantitative estimate of drug-likeness (QED) is 0.748. The molecule has 0 aromatic carbocycles. The molecule has 1 aliphatic heterocycles. The van der Waals surface area contributed by atoms with Gasteiger partial charge in [0.2, 0.25) is 0 Å². The third kappa shape index (κ3) is 5.15. The van der Waals surface area contributed by atoms with Crippen molar-refractivity contribution in [1.82, 2.24) is 15.2 Å². The van der Waals surface area contributed by atoms with Gasteiger partial charge in [0.05, 0.1) is 0 Å². The van der Waals surface area contributed by atoms with E-state index in [1.807, 2.05) is 18.5 Å². The standard InChI is InChI=1S/C15H25N3/c1-2-11-18(12-3-1)13-10-16-8-4-6-15-7-5-9-17-14-15/h5,7,9,14,16H,1-4,6,8,10-13H2. The molecule has 1 aliphatic rings. The van der Waals surface area contributed by atoms with Crippen LogP contribution in [0.5, 0.6) is 0 Å². The van der Waals surface area contributed by atoms with E-state index in [0.29, 0.717) is 0 Å². The average molecular weight is 247 g/mol. The number of likely N-dealkylation sites (tertiary alicyclic amines) is 1. The lowest BCUT2D eigenvalue weighted by atomic mass is 10.1. The van der Waals surface area contributed by atoms with Gasteiger partial charge in [-0.2, -0.15) is 0 Å². The molecule has 0 spiro atoms. The minimum Gasteiger partial charge on any atom is -0.315 e. The van der Waals surface area contributed by atoms with Crippen LogP contribution in [0.25, 0.3) is 0 Å². The molecule has 1 aromatic rings. The summed E-state index contributed by atoms with van der Waals surface area (Å²) in [6.07, 6.45) is 10.3. The molecular weight excluding hydrogens is 222 g/mol. The van der Waals surface area contributed by atoms with Crippen LogP contribution < -0.4 is 5.32 Å². The maximum absolute atomic E-state index is 4.13. The molecule has 0 aliphatic carbocycles. The average Bonchev–Trinajstić information content (AvgIpc) is 2.45. The predicted octanol–water partition coefficient (Wildman–Crippen LogP) is 2.09. The molecule has 1 fully saturated rings. The molecule has 2 heterocycles. The van der Waals surface area contributed by atoms with Crippen molar-refractivity contribution in [2.24, 2.45) is 0 Å². The van der Waals surface area contributed by atoms with E-state index in [4.69, 9.17) is 0 Å². The van der Waals surface area contributed by atoms with Crippen molar-refractivity contribution in [1.29, 1.82) is 0 Å². The first-order valence-corrected chi connectivity index (χ1v) is 7.27. The van der Waals surface area contributed by atoms with Crippen molar-refractivity contribution in [2.45, 2.75) is 32.1 Å². The van der Waals surface area contributed by atoms with Crippen molar-refractivity contribution in [3.63, 3.8) is 0 Å². The molecule has 0 radical (unpaired) electrons. The number of nitrogens with one attached hydrogen (secondary N) is 1. The van der Waals surface area contributed by atoms with Crippen LogP contribution in [0.2, 0.25) is 0 Å². The van der Waals surface area contributed by atoms with E-state index < -0.39 is 0 Å². The second-order valence-electron chi connectivity index (χ2n) is 5.12. The van der Waals surface area contributed by atoms with E-state index in [2.05, 4.69) is 21.3 Å². The van der Waals surface area contributed by atoms with E-state index in [0.717, 1.165) is 19.5 Å². The van der Waals surface area contributed by atoms with Gasteiger partial charge in [-0.25, -0.2) is 0 Å². The molecule has 3 heteroatoms. The lowest BCUT2D eigenvalue weighted by Crippen LogP contribution is -2.36. The van der Waals surface area contributed by atoms with Gasteiger partial charge >= 0.3 is 0 Å². The summed E-state index contributed by atoms with van der Waals surface area (Å²) < 4.78 is 0. The highest BCUT2D eigenvalue weighted by Gasteiger charge is 2.08. The van der Waals surface area contributed by atoms with Gasteiger partial charge < -0.3 is 10.2 Å². The van der Waals surface area contributed by atoms with Crippen molar-refractivity contribution >= 4 is 0 Å². The van der Waals surface area contributed by atoms with E-state index in [1.54, 1.807) is 0 Å². The predicted molar refractivity (Wildman–Crippen MR) is 75.7 cm³/mol. The Hall–Kier alpha value is -0.930. The van der Waals surface area contributed by atoms with Gasteiger partial charge in [0.1, 0.15) is 0 Å². The van der Waals surface area contributed by atoms with Gasteiger partial charge in [-0.05, 0) is 56.9 Å². The van der Waals surface area contributed by atoms with Crippen molar-refractivity contribution in [2.75, 3.05) is 32.7 Å². The van der Waals surface area contributed by atoms with Crippen LogP contribution in [0.3, 0.4) is 0 Å². The summed E-state index contributed by atoms with van der Waals surface area (Å²) in [6, 6.07) is 4.17. The molecule has 3 nitrogen and oxygen atoms in total. The highest BCUT2D eigenvalue weighted by atomic mass is 15.1. The minimum absolute atomic E-state index is 1.11. The lowest BCUT2D eigenvalue weighted by molar-refractivity contribution is 0.229. The number of rotatable bonds is 7. The Bertz CT molecular complexity index is 307. The summed E-state index contributed by atoms with van der Waals surface area (Å²) in [6.45, 7) is 6.07. The monoisotopic (exact) mass is 247 g/mol. The molecule has 1 aromatic heterocycles. The maximum atomic E-state index is 4.13. The van der Waals surface area contributed by atoms with Crippen LogP contribution in [0.1, 0.15) is 31.2 Å². The van der Waals surface area contributed by atoms with Crippen molar-refractivity contribution in [3.8, 4) is 0 Å². The summed E-state index contributed by atoms with van der Waals surface area (Å²) in [5.74, 6) is 0. The molecule has 1 N–H and O–H groups in total. The fourth-order valence-electron chi connectivity index (χ4n) is 2.51. The molecule has 1 saturated heterocycles. The summed E-state index contributed by atoms with van der Waals surface area (Å²) in [7, 11) is 0. The Morgan fingerprint density at radius 3 is 2.83 bits per heavy atom. The molecule has 18 heavy (non-hydrogen) atoms. The second-order valence-corrected chi connectivity index (χ2v) is 5.12. The normalized spacial score (nSPS) is 16.9. The smallest absolute Gasteiger partial charge is 0.0299 e. The first-order valence-electron chi connectivity index (χ1n) is 7.27. The topological polar surface area (TPSA) is 28.2 Å². The third-order valence-corrected chi connectivity index (χ3v) is 3.60. The number of aryl methyl sites for hydroxylation is 1. The van der Waals surface area contributed by atoms with Gasteiger partial charge in [-0.1, -0.05) is 12.5 Å². The van der Waals surface area contributed by atoms with Gasteiger partial charge in [0.15, 0.2) is 0 Å². The summed E-state index contributed by atoms with van der Waals surface area (Å²) >= 11 is 0. The number of hydrogen-bond acceptors (Lipinski definition) is 3. The molecule has 0 unspecified atom stereocenters. The Balaban J connectivity index is 1.46. The van der Waals surface area contributed by atoms with Crippen LogP contribution in [0.4, 0.5) is 0 Å². The van der Waals surface area contributed by atoms with E-state index in [-0.39, 0.29) is 0 Å². The summed E-state index contributed by atoms with van der Waals surface area (Å²) in [5, 5.41) is 3.54. The molecule has 0 atom stereocenters. The zero-order valence-electron chi connectivity index (χ0n) is 11.3. The third-order valence-electron chi connectivity index (χ3n) is 3.60. The molecule has 100 valence electrons. The van der Waals surface area contributed by atoms with Crippen molar-refractivity contribution < 1.29 is 0 Å². The van der Waals surface area contributed by atoms with Crippen LogP contribution in [-0.4, -0.2) is 42.6 Å². The SMILES string of the molecule is c1cncc(CCCNCCN2CCCCC2)c1. The van der Waals surface area contributed by atoms with Gasteiger partial charge in [0, 0.05) is 25.5 Å². The molecule has 0 amide bonds. The zero-order chi connectivity index (χ0) is 12.5. The molecule has 0 saturated carbocycles. The maximum Gasteiger partial charge on any atom is 0.0299 e. The lowest BCUT2D eigenvalue weighted by Gasteiger charge is -2.26. The van der Waals surface area contributed by atoms with Crippen LogP contribution >= 0.6 is 0 Å². The first-order chi connectivity index (χ1) is 8.95. The molecule has 0 bridgehead atoms. The number of pyridine rings is 1. The Kier molecular flexibility index (Phi) is 6.17. The Labute approximate surface area is 111 Å². The van der Waals surface area contributed by atoms with Gasteiger partial charge in [-0.3, -0.25) is 4.98 Å². The largest absolute Gasteiger partial charge is 0.315 e. The Morgan fingerprint density at radius 2 is 2.06 bits per heavy atom. The van der Waals surface area contributed by atoms with Crippen LogP contribution in [-0.2, 0) is 6.42 Å². The highest BCUT2D eigenvalue weighted by Crippen LogP contribution is 2.07. The highest BCUT2D eigenvalue weighted by molar-refractivity contribution is 5.08. The molecule has 2 rings (SSSR count). The number of hydrogen-bond donors (Lipinski definition) is 1. The van der Waals surface area contributed by atoms with Crippen LogP contribution in [0.15, 0.2) is 24.5 Å². The number of piperidine rings is 1. The zero-order valence-corrected chi connectivity index (χ0v) is 11.3. The number of aromatic nitrogens is 1. The van der Waals surface area contributed by atoms with E-state index in [9.17, 15) is 0 Å². The Morgan fingerprint density at radius 1 is 1.17 bits per heavy atom. The molecular formula is C15H25N3. The van der Waals surface area contributed by atoms with Gasteiger partial charge in [0.25, 0.3) is 0 Å². The summed E-state index contributed by atoms with van der Waals surface area (Å²) in [5.41, 5.74) is 1.34. The first kappa shape index (κ1) is 13.5. The van der Waals surface area contributed by atoms with Gasteiger partial charge in [-0.15, -0.1) is 0 Å². The summed E-state index contributed by atoms with van der Waals surface area (Å²) in [4.78, 5) is 6.71. The van der Waals surface area contributed by atoms with Crippen LogP contribution in [0, 0.1) is 0 Å².